The van der Waals surface area contributed by atoms with Crippen LogP contribution < -0.4 is 37.2 Å². The molecule has 0 bridgehead atoms. The number of amides is 1. The van der Waals surface area contributed by atoms with Gasteiger partial charge < -0.3 is 31.2 Å². The second-order valence-corrected chi connectivity index (χ2v) is 9.53. The number of nitrogens with one attached hydrogen (secondary N) is 4. The Morgan fingerprint density at radius 2 is 1.32 bits per heavy atom. The number of nitrogens with zero attached hydrogens (tertiary/aromatic N) is 2. The van der Waals surface area contributed by atoms with Gasteiger partial charge in [-0.1, -0.05) is 91.0 Å². The molecule has 10 nitrogen and oxygen atoms in total. The van der Waals surface area contributed by atoms with Crippen molar-refractivity contribution < 1.29 is 9.90 Å². The van der Waals surface area contributed by atoms with Crippen molar-refractivity contribution in [1.82, 2.24) is 15.1 Å². The average molecular weight is 550 g/mol. The maximum absolute atomic E-state index is 12.6. The highest BCUT2D eigenvalue weighted by atomic mass is 16.4. The molecule has 4 aromatic carbocycles. The summed E-state index contributed by atoms with van der Waals surface area (Å²) in [5.41, 5.74) is 1.65. The Bertz CT molecular complexity index is 1600. The molecule has 1 amide bonds. The lowest BCUT2D eigenvalue weighted by Crippen LogP contribution is -2.39. The van der Waals surface area contributed by atoms with E-state index in [0.29, 0.717) is 17.9 Å². The molecule has 0 aliphatic rings. The van der Waals surface area contributed by atoms with E-state index in [4.69, 9.17) is 0 Å². The van der Waals surface area contributed by atoms with Crippen molar-refractivity contribution in [2.45, 2.75) is 12.0 Å². The first-order chi connectivity index (χ1) is 19.9. The summed E-state index contributed by atoms with van der Waals surface area (Å²) in [4.78, 5) is 35.5. The first kappa shape index (κ1) is 27.2. The summed E-state index contributed by atoms with van der Waals surface area (Å²) in [6.45, 7) is 0.446. The maximum Gasteiger partial charge on any atom is 0.253 e. The molecule has 5 rings (SSSR count). The zero-order valence-corrected chi connectivity index (χ0v) is 22.4. The number of aryl methyl sites for hydroxylation is 1. The zero-order chi connectivity index (χ0) is 28.8. The summed E-state index contributed by atoms with van der Waals surface area (Å²) in [6, 6.07) is 30.2. The Morgan fingerprint density at radius 1 is 0.805 bits per heavy atom. The van der Waals surface area contributed by atoms with Crippen LogP contribution in [-0.2, 0) is 12.6 Å². The molecule has 4 N–H and O–H groups in total. The van der Waals surface area contributed by atoms with Gasteiger partial charge >= 0.3 is 0 Å². The molecule has 0 unspecified atom stereocenters. The minimum atomic E-state index is -1.37. The van der Waals surface area contributed by atoms with Crippen LogP contribution in [0, 0.1) is 0 Å². The summed E-state index contributed by atoms with van der Waals surface area (Å²) in [5, 5.41) is 27.0. The van der Waals surface area contributed by atoms with Gasteiger partial charge in [-0.3, -0.25) is 14.3 Å². The zero-order valence-electron chi connectivity index (χ0n) is 22.4. The summed E-state index contributed by atoms with van der Waals surface area (Å²) < 4.78 is 1.68. The lowest BCUT2D eigenvalue weighted by Gasteiger charge is -2.38. The van der Waals surface area contributed by atoms with E-state index in [1.54, 1.807) is 17.9 Å². The van der Waals surface area contributed by atoms with Crippen LogP contribution >= 0.6 is 0 Å². The van der Waals surface area contributed by atoms with Crippen molar-refractivity contribution in [1.29, 1.82) is 0 Å². The van der Waals surface area contributed by atoms with Crippen molar-refractivity contribution in [3.8, 4) is 0 Å². The molecular weight excluding hydrogens is 520 g/mol. The summed E-state index contributed by atoms with van der Waals surface area (Å²) in [5.74, 6) is 0.596. The molecule has 0 saturated carbocycles. The first-order valence-corrected chi connectivity index (χ1v) is 13.2. The van der Waals surface area contributed by atoms with E-state index in [2.05, 4.69) is 62.8 Å². The van der Waals surface area contributed by atoms with Crippen molar-refractivity contribution in [3.05, 3.63) is 134 Å². The van der Waals surface area contributed by atoms with Crippen LogP contribution in [0.15, 0.2) is 107 Å². The Hall–Kier alpha value is -5.38. The normalized spacial score (nSPS) is 11.2. The minimum absolute atomic E-state index is 0.128. The van der Waals surface area contributed by atoms with Crippen molar-refractivity contribution in [3.63, 3.8) is 0 Å². The predicted octanol–water partition coefficient (Wildman–Crippen LogP) is 2.90. The van der Waals surface area contributed by atoms with Gasteiger partial charge in [-0.25, -0.2) is 0 Å². The third-order valence-corrected chi connectivity index (χ3v) is 6.96. The molecule has 41 heavy (non-hydrogen) atoms. The molecular formula is C31H29N6O4-. The lowest BCUT2D eigenvalue weighted by molar-refractivity contribution is -0.250. The monoisotopic (exact) mass is 549 g/mol. The van der Waals surface area contributed by atoms with E-state index in [0.717, 1.165) is 16.7 Å². The Balaban J connectivity index is 1.53. The van der Waals surface area contributed by atoms with Gasteiger partial charge in [0.1, 0.15) is 34.5 Å². The smallest absolute Gasteiger partial charge is 0.253 e. The van der Waals surface area contributed by atoms with Crippen molar-refractivity contribution in [2.24, 2.45) is 7.05 Å². The Morgan fingerprint density at radius 3 is 1.83 bits per heavy atom. The van der Waals surface area contributed by atoms with Gasteiger partial charge in [0.15, 0.2) is 0 Å². The number of rotatable bonds is 12. The van der Waals surface area contributed by atoms with Crippen LogP contribution in [0.1, 0.15) is 23.1 Å². The van der Waals surface area contributed by atoms with E-state index < -0.39 is 22.5 Å². The van der Waals surface area contributed by atoms with Crippen molar-refractivity contribution in [2.75, 3.05) is 29.0 Å². The van der Waals surface area contributed by atoms with Crippen LogP contribution in [0.4, 0.5) is 27.7 Å². The number of carboxylic acid groups (broad SMARTS) is 1. The van der Waals surface area contributed by atoms with Gasteiger partial charge in [-0.05, 0) is 23.1 Å². The maximum atomic E-state index is 12.6. The number of carbonyl (C=O) groups excluding carboxylic acids is 1. The van der Waals surface area contributed by atoms with Gasteiger partial charge in [0.2, 0.25) is 0 Å². The molecule has 5 aromatic rings. The number of aromatic nitrogens is 2. The predicted molar refractivity (Wildman–Crippen MR) is 157 cm³/mol. The van der Waals surface area contributed by atoms with E-state index >= 15 is 0 Å². The number of benzene rings is 3. The van der Waals surface area contributed by atoms with Crippen molar-refractivity contribution >= 4 is 29.0 Å². The Kier molecular flexibility index (Phi) is 7.82. The summed E-state index contributed by atoms with van der Waals surface area (Å²) >= 11 is 0. The first-order valence-electron chi connectivity index (χ1n) is 13.2. The number of hydrogen-bond donors (Lipinski definition) is 4. The topological polar surface area (TPSA) is 140 Å². The second kappa shape index (κ2) is 11.8. The summed E-state index contributed by atoms with van der Waals surface area (Å²) in [6.07, 6.45) is 0.633. The summed E-state index contributed by atoms with van der Waals surface area (Å²) in [7, 11) is 1.80. The third-order valence-electron chi connectivity index (χ3n) is 6.96. The molecule has 0 aliphatic heterocycles. The molecule has 0 spiro atoms. The van der Waals surface area contributed by atoms with E-state index in [1.807, 2.05) is 54.6 Å². The van der Waals surface area contributed by atoms with Crippen LogP contribution in [0.25, 0.3) is 0 Å². The largest absolute Gasteiger partial charge is 0.530 e. The highest BCUT2D eigenvalue weighted by Crippen LogP contribution is 2.41. The van der Waals surface area contributed by atoms with Gasteiger partial charge in [-0.15, -0.1) is 0 Å². The van der Waals surface area contributed by atoms with Gasteiger partial charge in [-0.2, -0.15) is 5.10 Å². The number of hydrogen-bond acceptors (Lipinski definition) is 8. The van der Waals surface area contributed by atoms with E-state index in [9.17, 15) is 19.5 Å². The fourth-order valence-corrected chi connectivity index (χ4v) is 4.94. The van der Waals surface area contributed by atoms with E-state index in [1.165, 1.54) is 0 Å². The van der Waals surface area contributed by atoms with E-state index in [-0.39, 0.29) is 24.5 Å². The molecule has 0 fully saturated rings. The minimum Gasteiger partial charge on any atom is -0.530 e. The highest BCUT2D eigenvalue weighted by Gasteiger charge is 2.38. The molecule has 0 radical (unpaired) electrons. The second-order valence-electron chi connectivity index (χ2n) is 9.53. The molecule has 0 saturated heterocycles. The third kappa shape index (κ3) is 5.40. The van der Waals surface area contributed by atoms with Crippen LogP contribution in [0.3, 0.4) is 0 Å². The van der Waals surface area contributed by atoms with Crippen LogP contribution in [-0.4, -0.2) is 29.0 Å². The number of anilines is 4. The Labute approximate surface area is 236 Å². The molecule has 1 aromatic heterocycles. The molecule has 0 aliphatic carbocycles. The fourth-order valence-electron chi connectivity index (χ4n) is 4.94. The van der Waals surface area contributed by atoms with Crippen LogP contribution in [0.2, 0.25) is 0 Å². The quantitative estimate of drug-likeness (QED) is 0.106. The SMILES string of the molecule is Cn1ncc(Nc2c(NCCCNC(=O)[O-])c(=O)c2=O)c1NC(c1ccccc1)(c1ccccc1)c1ccccc1. The molecule has 1 heterocycles. The fraction of sp³-hybridized carbons (Fsp3) is 0.161. The molecule has 0 atom stereocenters. The van der Waals surface area contributed by atoms with Gasteiger partial charge in [0.25, 0.3) is 10.9 Å². The molecule has 10 heteroatoms. The van der Waals surface area contributed by atoms with Crippen LogP contribution in [0.5, 0.6) is 0 Å². The standard InChI is InChI=1S/C31H30N6O4/c1-37-29(24(20-34-37)35-26-25(27(38)28(26)39)32-18-11-19-33-30(40)41)36-31(21-12-5-2-6-13-21,22-14-7-3-8-15-22)23-16-9-4-10-17-23/h2-10,12-17,20,32-33,35-36H,11,18-19H2,1H3,(H,40,41)/p-1. The molecule has 208 valence electrons. The average Bonchev–Trinajstić information content (AvgIpc) is 3.35. The highest BCUT2D eigenvalue weighted by molar-refractivity contribution is 5.83. The van der Waals surface area contributed by atoms with Gasteiger partial charge in [0.05, 0.1) is 6.20 Å². The van der Waals surface area contributed by atoms with Gasteiger partial charge in [0, 0.05) is 20.1 Å². The lowest BCUT2D eigenvalue weighted by atomic mass is 9.77. The number of carbonyl (C=O) groups is 1.